The summed E-state index contributed by atoms with van der Waals surface area (Å²) in [6, 6.07) is 3.21. The first-order valence-corrected chi connectivity index (χ1v) is 5.50. The van der Waals surface area contributed by atoms with Crippen LogP contribution < -0.4 is 11.1 Å². The third kappa shape index (κ3) is 2.82. The molecule has 0 aliphatic rings. The molecule has 7 heteroatoms. The molecule has 0 saturated carbocycles. The second-order valence-corrected chi connectivity index (χ2v) is 3.80. The van der Waals surface area contributed by atoms with Gasteiger partial charge in [0.2, 0.25) is 0 Å². The molecule has 0 atom stereocenters. The number of carbonyl (C=O) groups excluding carboxylic acids is 1. The normalized spacial score (nSPS) is 10.3. The van der Waals surface area contributed by atoms with Crippen molar-refractivity contribution in [2.24, 2.45) is 12.8 Å². The van der Waals surface area contributed by atoms with Gasteiger partial charge in [0, 0.05) is 32.4 Å². The molecule has 94 valence electrons. The zero-order chi connectivity index (χ0) is 13.0. The van der Waals surface area contributed by atoms with E-state index in [0.29, 0.717) is 12.4 Å². The molecule has 0 bridgehead atoms. The molecule has 1 amide bonds. The van der Waals surface area contributed by atoms with Gasteiger partial charge in [0.1, 0.15) is 11.6 Å². The van der Waals surface area contributed by atoms with Crippen molar-refractivity contribution in [2.45, 2.75) is 6.42 Å². The monoisotopic (exact) mass is 246 g/mol. The number of nitrogens with zero attached hydrogens (tertiary/aromatic N) is 4. The zero-order valence-electron chi connectivity index (χ0n) is 10.00. The average molecular weight is 246 g/mol. The Labute approximate surface area is 104 Å². The Morgan fingerprint density at radius 1 is 1.44 bits per heavy atom. The van der Waals surface area contributed by atoms with E-state index in [1.807, 2.05) is 17.8 Å². The van der Waals surface area contributed by atoms with Crippen LogP contribution in [0.4, 0.5) is 5.82 Å². The number of anilines is 1. The van der Waals surface area contributed by atoms with E-state index < -0.39 is 5.91 Å². The lowest BCUT2D eigenvalue weighted by Crippen LogP contribution is -2.15. The fraction of sp³-hybridized carbons (Fsp3) is 0.273. The average Bonchev–Trinajstić information content (AvgIpc) is 2.76. The number of aromatic nitrogens is 4. The molecule has 3 N–H and O–H groups in total. The Balaban J connectivity index is 1.87. The lowest BCUT2D eigenvalue weighted by Gasteiger charge is -2.05. The summed E-state index contributed by atoms with van der Waals surface area (Å²) in [5.41, 5.74) is 5.23. The van der Waals surface area contributed by atoms with Crippen molar-refractivity contribution in [2.75, 3.05) is 11.9 Å². The molecule has 2 aromatic rings. The topological polar surface area (TPSA) is 98.7 Å². The molecule has 18 heavy (non-hydrogen) atoms. The van der Waals surface area contributed by atoms with Crippen LogP contribution in [0.25, 0.3) is 0 Å². The number of amides is 1. The fourth-order valence-corrected chi connectivity index (χ4v) is 1.50. The maximum Gasteiger partial charge on any atom is 0.269 e. The lowest BCUT2D eigenvalue weighted by molar-refractivity contribution is 0.0994. The molecule has 0 fully saturated rings. The van der Waals surface area contributed by atoms with Gasteiger partial charge in [-0.3, -0.25) is 4.79 Å². The van der Waals surface area contributed by atoms with Gasteiger partial charge in [-0.2, -0.15) is 0 Å². The van der Waals surface area contributed by atoms with E-state index in [1.165, 1.54) is 0 Å². The van der Waals surface area contributed by atoms with E-state index in [9.17, 15) is 4.79 Å². The lowest BCUT2D eigenvalue weighted by atomic mass is 10.3. The number of aryl methyl sites for hydroxylation is 1. The maximum absolute atomic E-state index is 10.8. The number of carbonyl (C=O) groups is 1. The van der Waals surface area contributed by atoms with Crippen LogP contribution >= 0.6 is 0 Å². The SMILES string of the molecule is Cn1ccnc1CCNc1ccc(C(N)=O)nn1. The Kier molecular flexibility index (Phi) is 3.52. The van der Waals surface area contributed by atoms with E-state index in [4.69, 9.17) is 5.73 Å². The number of nitrogens with one attached hydrogen (secondary N) is 1. The molecule has 0 aliphatic carbocycles. The van der Waals surface area contributed by atoms with Gasteiger partial charge in [0.15, 0.2) is 5.69 Å². The third-order valence-corrected chi connectivity index (χ3v) is 2.49. The van der Waals surface area contributed by atoms with Gasteiger partial charge in [-0.15, -0.1) is 10.2 Å². The van der Waals surface area contributed by atoms with Gasteiger partial charge in [0.25, 0.3) is 5.91 Å². The van der Waals surface area contributed by atoms with Gasteiger partial charge in [-0.05, 0) is 12.1 Å². The first-order chi connectivity index (χ1) is 8.66. The zero-order valence-corrected chi connectivity index (χ0v) is 10.00. The van der Waals surface area contributed by atoms with Crippen LogP contribution in [0.2, 0.25) is 0 Å². The van der Waals surface area contributed by atoms with Gasteiger partial charge in [-0.25, -0.2) is 4.98 Å². The maximum atomic E-state index is 10.8. The highest BCUT2D eigenvalue weighted by Gasteiger charge is 2.03. The summed E-state index contributed by atoms with van der Waals surface area (Å²) in [7, 11) is 1.95. The molecule has 0 spiro atoms. The fourth-order valence-electron chi connectivity index (χ4n) is 1.50. The molecule has 2 aromatic heterocycles. The number of primary amides is 1. The van der Waals surface area contributed by atoms with Gasteiger partial charge in [-0.1, -0.05) is 0 Å². The van der Waals surface area contributed by atoms with E-state index in [-0.39, 0.29) is 5.69 Å². The quantitative estimate of drug-likeness (QED) is 0.771. The van der Waals surface area contributed by atoms with Crippen LogP contribution in [0.3, 0.4) is 0 Å². The first-order valence-electron chi connectivity index (χ1n) is 5.50. The van der Waals surface area contributed by atoms with E-state index >= 15 is 0 Å². The minimum absolute atomic E-state index is 0.157. The summed E-state index contributed by atoms with van der Waals surface area (Å²) in [6.07, 6.45) is 4.44. The van der Waals surface area contributed by atoms with Crippen LogP contribution in [0, 0.1) is 0 Å². The predicted molar refractivity (Wildman–Crippen MR) is 66.0 cm³/mol. The molecule has 0 saturated heterocycles. The molecule has 0 aromatic carbocycles. The molecular weight excluding hydrogens is 232 g/mol. The molecule has 7 nitrogen and oxygen atoms in total. The highest BCUT2D eigenvalue weighted by atomic mass is 16.1. The van der Waals surface area contributed by atoms with E-state index in [2.05, 4.69) is 20.5 Å². The summed E-state index contributed by atoms with van der Waals surface area (Å²) in [5, 5.41) is 10.7. The van der Waals surface area contributed by atoms with Crippen molar-refractivity contribution < 1.29 is 4.79 Å². The standard InChI is InChI=1S/C11H14N6O/c1-17-7-6-14-10(17)4-5-13-9-3-2-8(11(12)18)15-16-9/h2-3,6-7H,4-5H2,1H3,(H2,12,18)(H,13,16). The molecule has 2 rings (SSSR count). The van der Waals surface area contributed by atoms with Gasteiger partial charge >= 0.3 is 0 Å². The van der Waals surface area contributed by atoms with Crippen LogP contribution in [0.5, 0.6) is 0 Å². The molecular formula is C11H14N6O. The summed E-state index contributed by atoms with van der Waals surface area (Å²) < 4.78 is 1.96. The van der Waals surface area contributed by atoms with Crippen molar-refractivity contribution >= 4 is 11.7 Å². The van der Waals surface area contributed by atoms with Crippen molar-refractivity contribution in [3.63, 3.8) is 0 Å². The second kappa shape index (κ2) is 5.26. The Bertz CT molecular complexity index is 533. The summed E-state index contributed by atoms with van der Waals surface area (Å²) >= 11 is 0. The Morgan fingerprint density at radius 3 is 2.83 bits per heavy atom. The number of hydrogen-bond acceptors (Lipinski definition) is 5. The third-order valence-electron chi connectivity index (χ3n) is 2.49. The largest absolute Gasteiger partial charge is 0.368 e. The molecule has 2 heterocycles. The van der Waals surface area contributed by atoms with Crippen LogP contribution in [-0.4, -0.2) is 32.2 Å². The molecule has 0 radical (unpaired) electrons. The van der Waals surface area contributed by atoms with Gasteiger partial charge < -0.3 is 15.6 Å². The number of rotatable bonds is 5. The predicted octanol–water partition coefficient (Wildman–Crippen LogP) is -0.0364. The van der Waals surface area contributed by atoms with Crippen LogP contribution in [-0.2, 0) is 13.5 Å². The smallest absolute Gasteiger partial charge is 0.269 e. The van der Waals surface area contributed by atoms with Crippen molar-refractivity contribution in [3.8, 4) is 0 Å². The summed E-state index contributed by atoms with van der Waals surface area (Å²) in [5.74, 6) is 1.01. The molecule has 0 aliphatic heterocycles. The summed E-state index contributed by atoms with van der Waals surface area (Å²) in [6.45, 7) is 0.690. The number of imidazole rings is 1. The van der Waals surface area contributed by atoms with Gasteiger partial charge in [0.05, 0.1) is 0 Å². The van der Waals surface area contributed by atoms with E-state index in [1.54, 1.807) is 18.3 Å². The number of nitrogens with two attached hydrogens (primary N) is 1. The first kappa shape index (κ1) is 12.0. The number of hydrogen-bond donors (Lipinski definition) is 2. The molecule has 0 unspecified atom stereocenters. The Morgan fingerprint density at radius 2 is 2.28 bits per heavy atom. The highest BCUT2D eigenvalue weighted by Crippen LogP contribution is 2.02. The highest BCUT2D eigenvalue weighted by molar-refractivity contribution is 5.90. The van der Waals surface area contributed by atoms with Crippen molar-refractivity contribution in [1.82, 2.24) is 19.7 Å². The van der Waals surface area contributed by atoms with E-state index in [0.717, 1.165) is 12.2 Å². The van der Waals surface area contributed by atoms with Crippen LogP contribution in [0.1, 0.15) is 16.3 Å². The summed E-state index contributed by atoms with van der Waals surface area (Å²) in [4.78, 5) is 15.0. The minimum Gasteiger partial charge on any atom is -0.368 e. The second-order valence-electron chi connectivity index (χ2n) is 3.80. The van der Waals surface area contributed by atoms with Crippen molar-refractivity contribution in [1.29, 1.82) is 0 Å². The van der Waals surface area contributed by atoms with Crippen LogP contribution in [0.15, 0.2) is 24.5 Å². The van der Waals surface area contributed by atoms with Crippen molar-refractivity contribution in [3.05, 3.63) is 36.0 Å². The minimum atomic E-state index is -0.581. The Hall–Kier alpha value is -2.44.